The van der Waals surface area contributed by atoms with Crippen LogP contribution in [0.3, 0.4) is 0 Å². The second-order valence-electron chi connectivity index (χ2n) is 10.9. The van der Waals surface area contributed by atoms with E-state index in [-0.39, 0.29) is 36.0 Å². The number of aromatic hydroxyl groups is 1. The monoisotopic (exact) mass is 560 g/mol. The smallest absolute Gasteiger partial charge is 0.342 e. The lowest BCUT2D eigenvalue weighted by Gasteiger charge is -2.15. The summed E-state index contributed by atoms with van der Waals surface area (Å²) >= 11 is 0. The SMILES string of the molecule is COc1c(C)c2c(c(O)c1C/C=C(\C)CCC(=O)OCCCCCCCCCCCC(=O)OC(C)C)C(=O)OC2. The van der Waals surface area contributed by atoms with E-state index in [2.05, 4.69) is 0 Å². The molecule has 0 radical (unpaired) electrons. The molecule has 0 saturated heterocycles. The highest BCUT2D eigenvalue weighted by Gasteiger charge is 2.31. The highest BCUT2D eigenvalue weighted by molar-refractivity contribution is 5.98. The van der Waals surface area contributed by atoms with Gasteiger partial charge in [-0.15, -0.1) is 0 Å². The van der Waals surface area contributed by atoms with E-state index in [0.717, 1.165) is 49.7 Å². The number of carbonyl (C=O) groups excluding carboxylic acids is 3. The number of allylic oxidation sites excluding steroid dienone is 2. The third kappa shape index (κ3) is 10.9. The van der Waals surface area contributed by atoms with Crippen LogP contribution in [-0.4, -0.2) is 42.8 Å². The van der Waals surface area contributed by atoms with Gasteiger partial charge in [-0.3, -0.25) is 9.59 Å². The minimum atomic E-state index is -0.517. The van der Waals surface area contributed by atoms with Gasteiger partial charge in [0.15, 0.2) is 0 Å². The van der Waals surface area contributed by atoms with Crippen molar-refractivity contribution in [3.05, 3.63) is 33.9 Å². The molecule has 1 heterocycles. The average Bonchev–Trinajstić information content (AvgIpc) is 3.30. The molecule has 0 aliphatic carbocycles. The fourth-order valence-corrected chi connectivity index (χ4v) is 4.89. The minimum absolute atomic E-state index is 0.0350. The van der Waals surface area contributed by atoms with Crippen molar-refractivity contribution in [2.24, 2.45) is 0 Å². The summed E-state index contributed by atoms with van der Waals surface area (Å²) in [6, 6.07) is 0. The topological polar surface area (TPSA) is 108 Å². The molecule has 0 saturated carbocycles. The molecule has 0 aromatic heterocycles. The van der Waals surface area contributed by atoms with Crippen LogP contribution in [0, 0.1) is 6.92 Å². The highest BCUT2D eigenvalue weighted by atomic mass is 16.5. The largest absolute Gasteiger partial charge is 0.507 e. The normalized spacial score (nSPS) is 12.8. The van der Waals surface area contributed by atoms with Crippen molar-refractivity contribution in [2.45, 2.75) is 124 Å². The molecular formula is C32H48O8. The van der Waals surface area contributed by atoms with Gasteiger partial charge in [0, 0.05) is 24.0 Å². The number of rotatable bonds is 19. The van der Waals surface area contributed by atoms with Crippen LogP contribution in [0.4, 0.5) is 0 Å². The lowest BCUT2D eigenvalue weighted by molar-refractivity contribution is -0.147. The van der Waals surface area contributed by atoms with E-state index in [9.17, 15) is 19.5 Å². The van der Waals surface area contributed by atoms with Gasteiger partial charge in [0.25, 0.3) is 0 Å². The Morgan fingerprint density at radius 3 is 2.20 bits per heavy atom. The first-order valence-electron chi connectivity index (χ1n) is 14.7. The van der Waals surface area contributed by atoms with Crippen LogP contribution in [-0.2, 0) is 36.8 Å². The van der Waals surface area contributed by atoms with E-state index in [1.165, 1.54) is 19.3 Å². The van der Waals surface area contributed by atoms with Gasteiger partial charge in [-0.05, 0) is 58.9 Å². The van der Waals surface area contributed by atoms with Gasteiger partial charge in [0.1, 0.15) is 23.7 Å². The van der Waals surface area contributed by atoms with Crippen molar-refractivity contribution in [1.29, 1.82) is 0 Å². The Balaban J connectivity index is 1.56. The van der Waals surface area contributed by atoms with Crippen molar-refractivity contribution < 1.29 is 38.4 Å². The van der Waals surface area contributed by atoms with Crippen LogP contribution in [0.2, 0.25) is 0 Å². The fourth-order valence-electron chi connectivity index (χ4n) is 4.89. The quantitative estimate of drug-likeness (QED) is 0.0830. The van der Waals surface area contributed by atoms with Gasteiger partial charge in [0.05, 0.1) is 19.8 Å². The number of methoxy groups -OCH3 is 1. The maximum Gasteiger partial charge on any atom is 0.342 e. The first kappa shape index (κ1) is 33.2. The van der Waals surface area contributed by atoms with Crippen molar-refractivity contribution in [2.75, 3.05) is 13.7 Å². The van der Waals surface area contributed by atoms with Crippen LogP contribution in [0.25, 0.3) is 0 Å². The molecule has 40 heavy (non-hydrogen) atoms. The van der Waals surface area contributed by atoms with Gasteiger partial charge in [-0.2, -0.15) is 0 Å². The van der Waals surface area contributed by atoms with E-state index < -0.39 is 5.97 Å². The molecule has 0 spiro atoms. The number of unbranched alkanes of at least 4 members (excludes halogenated alkanes) is 8. The molecule has 1 aromatic rings. The Morgan fingerprint density at radius 1 is 0.950 bits per heavy atom. The number of carbonyl (C=O) groups is 3. The summed E-state index contributed by atoms with van der Waals surface area (Å²) in [4.78, 5) is 35.7. The van der Waals surface area contributed by atoms with Crippen molar-refractivity contribution in [3.8, 4) is 11.5 Å². The van der Waals surface area contributed by atoms with Gasteiger partial charge < -0.3 is 24.1 Å². The average molecular weight is 561 g/mol. The van der Waals surface area contributed by atoms with Crippen LogP contribution in [0.1, 0.15) is 125 Å². The van der Waals surface area contributed by atoms with Crippen molar-refractivity contribution in [3.63, 3.8) is 0 Å². The Bertz CT molecular complexity index is 1020. The van der Waals surface area contributed by atoms with Gasteiger partial charge in [-0.25, -0.2) is 4.79 Å². The number of phenols is 1. The predicted octanol–water partition coefficient (Wildman–Crippen LogP) is 7.04. The van der Waals surface area contributed by atoms with Gasteiger partial charge in [-0.1, -0.05) is 56.6 Å². The molecule has 0 unspecified atom stereocenters. The van der Waals surface area contributed by atoms with Crippen LogP contribution >= 0.6 is 0 Å². The standard InChI is InChI=1S/C32H48O8/c1-22(2)40-28(34)15-13-11-9-7-6-8-10-12-14-20-38-27(33)19-17-23(3)16-18-25-30(35)29-26(21-39-32(29)36)24(4)31(25)37-5/h16,22,35H,6-15,17-21H2,1-5H3/b23-16+. The molecule has 1 N–H and O–H groups in total. The zero-order chi connectivity index (χ0) is 29.5. The molecule has 0 atom stereocenters. The molecule has 8 heteroatoms. The van der Waals surface area contributed by atoms with Gasteiger partial charge >= 0.3 is 17.9 Å². The highest BCUT2D eigenvalue weighted by Crippen LogP contribution is 2.42. The first-order valence-corrected chi connectivity index (χ1v) is 14.7. The first-order chi connectivity index (χ1) is 19.1. The maximum absolute atomic E-state index is 12.2. The summed E-state index contributed by atoms with van der Waals surface area (Å²) in [6.07, 6.45) is 13.4. The third-order valence-corrected chi connectivity index (χ3v) is 7.18. The fraction of sp³-hybridized carbons (Fsp3) is 0.656. The zero-order valence-electron chi connectivity index (χ0n) is 25.1. The molecule has 224 valence electrons. The molecular weight excluding hydrogens is 512 g/mol. The minimum Gasteiger partial charge on any atom is -0.507 e. The predicted molar refractivity (Wildman–Crippen MR) is 154 cm³/mol. The number of hydrogen-bond donors (Lipinski definition) is 1. The summed E-state index contributed by atoms with van der Waals surface area (Å²) in [5, 5.41) is 10.7. The summed E-state index contributed by atoms with van der Waals surface area (Å²) in [7, 11) is 1.54. The van der Waals surface area contributed by atoms with Crippen LogP contribution in [0.5, 0.6) is 11.5 Å². The maximum atomic E-state index is 12.2. The number of hydrogen-bond acceptors (Lipinski definition) is 8. The van der Waals surface area contributed by atoms with Gasteiger partial charge in [0.2, 0.25) is 0 Å². The number of ether oxygens (including phenoxy) is 4. The molecule has 1 aromatic carbocycles. The summed E-state index contributed by atoms with van der Waals surface area (Å²) in [5.74, 6) is -0.359. The molecule has 1 aliphatic heterocycles. The second kappa shape index (κ2) is 17.6. The second-order valence-corrected chi connectivity index (χ2v) is 10.9. The lowest BCUT2D eigenvalue weighted by Crippen LogP contribution is -2.10. The van der Waals surface area contributed by atoms with E-state index in [0.29, 0.717) is 49.2 Å². The summed E-state index contributed by atoms with van der Waals surface area (Å²) in [6.45, 7) is 8.12. The van der Waals surface area contributed by atoms with Crippen molar-refractivity contribution in [1.82, 2.24) is 0 Å². The third-order valence-electron chi connectivity index (χ3n) is 7.18. The Morgan fingerprint density at radius 2 is 1.57 bits per heavy atom. The Kier molecular flexibility index (Phi) is 14.6. The lowest BCUT2D eigenvalue weighted by atomic mass is 9.94. The van der Waals surface area contributed by atoms with Crippen LogP contribution in [0.15, 0.2) is 11.6 Å². The molecule has 0 amide bonds. The van der Waals surface area contributed by atoms with E-state index in [4.69, 9.17) is 18.9 Å². The number of cyclic esters (lactones) is 1. The van der Waals surface area contributed by atoms with Crippen LogP contribution < -0.4 is 4.74 Å². The molecule has 0 fully saturated rings. The van der Waals surface area contributed by atoms with E-state index >= 15 is 0 Å². The summed E-state index contributed by atoms with van der Waals surface area (Å²) in [5.41, 5.74) is 3.22. The molecule has 2 rings (SSSR count). The number of benzene rings is 1. The number of phenolic OH excluding ortho intramolecular Hbond substituents is 1. The Hall–Kier alpha value is -3.03. The molecule has 1 aliphatic rings. The molecule has 8 nitrogen and oxygen atoms in total. The zero-order valence-corrected chi connectivity index (χ0v) is 25.1. The van der Waals surface area contributed by atoms with E-state index in [1.54, 1.807) is 7.11 Å². The van der Waals surface area contributed by atoms with E-state index in [1.807, 2.05) is 33.8 Å². The Labute approximate surface area is 239 Å². The molecule has 0 bridgehead atoms. The van der Waals surface area contributed by atoms with Crippen molar-refractivity contribution >= 4 is 17.9 Å². The number of esters is 3. The summed E-state index contributed by atoms with van der Waals surface area (Å²) < 4.78 is 21.1. The number of fused-ring (bicyclic) bond motifs is 1.